The van der Waals surface area contributed by atoms with Crippen LogP contribution >= 0.6 is 11.3 Å². The minimum Gasteiger partial charge on any atom is -0.326 e. The van der Waals surface area contributed by atoms with Crippen LogP contribution in [0.1, 0.15) is 22.4 Å². The van der Waals surface area contributed by atoms with Gasteiger partial charge < -0.3 is 5.73 Å². The van der Waals surface area contributed by atoms with Crippen molar-refractivity contribution in [3.05, 3.63) is 27.8 Å². The number of sulfonamides is 1. The molecule has 2 aromatic rings. The summed E-state index contributed by atoms with van der Waals surface area (Å²) in [6.07, 6.45) is 4.06. The van der Waals surface area contributed by atoms with Gasteiger partial charge in [0.05, 0.1) is 12.7 Å². The van der Waals surface area contributed by atoms with Crippen LogP contribution in [0.3, 0.4) is 0 Å². The molecule has 0 spiro atoms. The Labute approximate surface area is 115 Å². The highest BCUT2D eigenvalue weighted by atomic mass is 32.2. The molecule has 19 heavy (non-hydrogen) atoms. The smallest absolute Gasteiger partial charge is 0.258 e. The van der Waals surface area contributed by atoms with E-state index in [1.54, 1.807) is 6.20 Å². The summed E-state index contributed by atoms with van der Waals surface area (Å²) in [6, 6.07) is 0. The quantitative estimate of drug-likeness (QED) is 0.713. The number of rotatable bonds is 6. The molecule has 0 aliphatic carbocycles. The number of nitrogens with zero attached hydrogens (tertiary/aromatic N) is 2. The summed E-state index contributed by atoms with van der Waals surface area (Å²) in [7, 11) is -3.64. The largest absolute Gasteiger partial charge is 0.326 e. The lowest BCUT2D eigenvalue weighted by Crippen LogP contribution is -2.25. The average Bonchev–Trinajstić information content (AvgIpc) is 3.05. The van der Waals surface area contributed by atoms with Gasteiger partial charge in [0, 0.05) is 23.2 Å². The number of nitrogens with one attached hydrogen (secondary N) is 2. The Kier molecular flexibility index (Phi) is 4.30. The van der Waals surface area contributed by atoms with Crippen LogP contribution in [0.4, 0.5) is 0 Å². The van der Waals surface area contributed by atoms with Crippen molar-refractivity contribution >= 4 is 21.4 Å². The Morgan fingerprint density at radius 1 is 1.47 bits per heavy atom. The van der Waals surface area contributed by atoms with E-state index in [4.69, 9.17) is 5.73 Å². The van der Waals surface area contributed by atoms with Gasteiger partial charge in [-0.25, -0.2) is 18.1 Å². The van der Waals surface area contributed by atoms with E-state index >= 15 is 0 Å². The third-order valence-corrected chi connectivity index (χ3v) is 5.09. The number of aromatic amines is 1. The molecule has 0 bridgehead atoms. The van der Waals surface area contributed by atoms with Crippen LogP contribution < -0.4 is 10.5 Å². The number of hydrogen-bond donors (Lipinski definition) is 3. The number of nitrogens with two attached hydrogens (primary N) is 1. The molecular weight excluding hydrogens is 286 g/mol. The fraction of sp³-hybridized carbons (Fsp3) is 0.400. The van der Waals surface area contributed by atoms with Crippen LogP contribution in [0.2, 0.25) is 0 Å². The SMILES string of the molecule is CCc1cnc(CNS(=O)(=O)c2[nH]ncc2CN)s1. The van der Waals surface area contributed by atoms with Crippen LogP contribution in [0.15, 0.2) is 17.4 Å². The maximum Gasteiger partial charge on any atom is 0.258 e. The maximum atomic E-state index is 12.1. The van der Waals surface area contributed by atoms with E-state index in [0.717, 1.165) is 16.3 Å². The molecule has 2 heterocycles. The van der Waals surface area contributed by atoms with Crippen molar-refractivity contribution < 1.29 is 8.42 Å². The van der Waals surface area contributed by atoms with Crippen molar-refractivity contribution in [2.24, 2.45) is 5.73 Å². The van der Waals surface area contributed by atoms with Gasteiger partial charge in [0.15, 0.2) is 5.03 Å². The second-order valence-electron chi connectivity index (χ2n) is 3.83. The summed E-state index contributed by atoms with van der Waals surface area (Å²) in [5.41, 5.74) is 5.92. The van der Waals surface area contributed by atoms with Gasteiger partial charge in [0.2, 0.25) is 0 Å². The van der Waals surface area contributed by atoms with Crippen molar-refractivity contribution in [2.75, 3.05) is 0 Å². The second-order valence-corrected chi connectivity index (χ2v) is 6.73. The highest BCUT2D eigenvalue weighted by Gasteiger charge is 2.20. The topological polar surface area (TPSA) is 114 Å². The molecule has 0 fully saturated rings. The second kappa shape index (κ2) is 5.78. The van der Waals surface area contributed by atoms with Gasteiger partial charge in [-0.2, -0.15) is 5.10 Å². The molecule has 0 aliphatic rings. The number of aryl methyl sites for hydroxylation is 1. The highest BCUT2D eigenvalue weighted by molar-refractivity contribution is 7.89. The lowest BCUT2D eigenvalue weighted by Gasteiger charge is -2.04. The molecule has 0 atom stereocenters. The van der Waals surface area contributed by atoms with Crippen LogP contribution in [-0.2, 0) is 29.5 Å². The molecule has 0 radical (unpaired) electrons. The van der Waals surface area contributed by atoms with Crippen molar-refractivity contribution in [2.45, 2.75) is 31.5 Å². The van der Waals surface area contributed by atoms with Crippen LogP contribution in [0.5, 0.6) is 0 Å². The number of H-pyrrole nitrogens is 1. The first-order chi connectivity index (χ1) is 9.06. The van der Waals surface area contributed by atoms with Gasteiger partial charge in [-0.15, -0.1) is 11.3 Å². The van der Waals surface area contributed by atoms with Crippen molar-refractivity contribution in [1.82, 2.24) is 19.9 Å². The van der Waals surface area contributed by atoms with Crippen LogP contribution in [-0.4, -0.2) is 23.6 Å². The molecule has 0 aliphatic heterocycles. The minimum absolute atomic E-state index is 0.0160. The van der Waals surface area contributed by atoms with Crippen molar-refractivity contribution in [3.63, 3.8) is 0 Å². The lowest BCUT2D eigenvalue weighted by molar-refractivity contribution is 0.575. The summed E-state index contributed by atoms with van der Waals surface area (Å²) in [6.45, 7) is 2.31. The molecule has 2 aromatic heterocycles. The molecule has 0 unspecified atom stereocenters. The summed E-state index contributed by atoms with van der Waals surface area (Å²) >= 11 is 1.49. The first-order valence-corrected chi connectivity index (χ1v) is 8.02. The molecular formula is C10H15N5O2S2. The zero-order valence-electron chi connectivity index (χ0n) is 10.4. The fourth-order valence-electron chi connectivity index (χ4n) is 1.50. The predicted molar refractivity (Wildman–Crippen MR) is 72.0 cm³/mol. The zero-order valence-corrected chi connectivity index (χ0v) is 12.0. The van der Waals surface area contributed by atoms with Gasteiger partial charge in [0.1, 0.15) is 5.01 Å². The van der Waals surface area contributed by atoms with Gasteiger partial charge in [-0.1, -0.05) is 6.92 Å². The van der Waals surface area contributed by atoms with Crippen molar-refractivity contribution in [3.8, 4) is 0 Å². The Bertz CT molecular complexity index is 646. The monoisotopic (exact) mass is 301 g/mol. The highest BCUT2D eigenvalue weighted by Crippen LogP contribution is 2.15. The predicted octanol–water partition coefficient (Wildman–Crippen LogP) is 0.366. The van der Waals surface area contributed by atoms with Gasteiger partial charge in [0.25, 0.3) is 10.0 Å². The van der Waals surface area contributed by atoms with E-state index in [1.165, 1.54) is 17.5 Å². The molecule has 7 nitrogen and oxygen atoms in total. The third-order valence-electron chi connectivity index (χ3n) is 2.53. The lowest BCUT2D eigenvalue weighted by atomic mass is 10.4. The van der Waals surface area contributed by atoms with Gasteiger partial charge in [-0.3, -0.25) is 5.10 Å². The standard InChI is InChI=1S/C10H15N5O2S2/c1-2-8-5-12-9(18-8)6-14-19(16,17)10-7(3-11)4-13-15-10/h4-5,14H,2-3,6,11H2,1H3,(H,13,15). The number of aromatic nitrogens is 3. The van der Waals surface area contributed by atoms with E-state index in [-0.39, 0.29) is 18.1 Å². The summed E-state index contributed by atoms with van der Waals surface area (Å²) in [5, 5.41) is 6.89. The first-order valence-electron chi connectivity index (χ1n) is 5.72. The summed E-state index contributed by atoms with van der Waals surface area (Å²) < 4.78 is 26.6. The van der Waals surface area contributed by atoms with Gasteiger partial charge >= 0.3 is 0 Å². The third kappa shape index (κ3) is 3.18. The Morgan fingerprint density at radius 2 is 2.26 bits per heavy atom. The minimum atomic E-state index is -3.64. The molecule has 0 aromatic carbocycles. The van der Waals surface area contributed by atoms with E-state index in [1.807, 2.05) is 6.92 Å². The molecule has 2 rings (SSSR count). The normalized spacial score (nSPS) is 11.9. The van der Waals surface area contributed by atoms with Crippen LogP contribution in [0.25, 0.3) is 0 Å². The average molecular weight is 301 g/mol. The van der Waals surface area contributed by atoms with E-state index in [0.29, 0.717) is 5.56 Å². The zero-order chi connectivity index (χ0) is 13.9. The van der Waals surface area contributed by atoms with Gasteiger partial charge in [-0.05, 0) is 6.42 Å². The first kappa shape index (κ1) is 14.1. The Hall–Kier alpha value is -1.29. The Morgan fingerprint density at radius 3 is 2.89 bits per heavy atom. The van der Waals surface area contributed by atoms with Crippen molar-refractivity contribution in [1.29, 1.82) is 0 Å². The molecule has 4 N–H and O–H groups in total. The molecule has 0 saturated heterocycles. The number of thiazole rings is 1. The van der Waals surface area contributed by atoms with Crippen LogP contribution in [0, 0.1) is 0 Å². The van der Waals surface area contributed by atoms with E-state index in [2.05, 4.69) is 19.9 Å². The Balaban J connectivity index is 2.09. The summed E-state index contributed by atoms with van der Waals surface area (Å²) in [4.78, 5) is 5.28. The number of hydrogen-bond acceptors (Lipinski definition) is 6. The molecule has 104 valence electrons. The maximum absolute atomic E-state index is 12.1. The fourth-order valence-corrected chi connectivity index (χ4v) is 3.52. The van der Waals surface area contributed by atoms with E-state index in [9.17, 15) is 8.42 Å². The molecule has 9 heteroatoms. The van der Waals surface area contributed by atoms with E-state index < -0.39 is 10.0 Å². The molecule has 0 saturated carbocycles. The molecule has 0 amide bonds. The summed E-state index contributed by atoms with van der Waals surface area (Å²) in [5.74, 6) is 0.